The smallest absolute Gasteiger partial charge is 0.255 e. The first-order chi connectivity index (χ1) is 12.4. The predicted molar refractivity (Wildman–Crippen MR) is 101 cm³/mol. The average molecular weight is 374 g/mol. The minimum absolute atomic E-state index is 0.216. The Hall–Kier alpha value is -2.45. The number of hydrogen-bond acceptors (Lipinski definition) is 5. The zero-order chi connectivity index (χ0) is 18.7. The number of hydrogen-bond donors (Lipinski definition) is 1. The van der Waals surface area contributed by atoms with E-state index in [1.165, 1.54) is 28.6 Å². The summed E-state index contributed by atoms with van der Waals surface area (Å²) in [6.45, 7) is 1.11. The number of amides is 1. The number of nitrogens with one attached hydrogen (secondary N) is 1. The van der Waals surface area contributed by atoms with Gasteiger partial charge in [0, 0.05) is 32.7 Å². The second kappa shape index (κ2) is 7.43. The van der Waals surface area contributed by atoms with E-state index < -0.39 is 10.0 Å². The monoisotopic (exact) mass is 374 g/mol. The van der Waals surface area contributed by atoms with Crippen LogP contribution in [0.1, 0.15) is 23.2 Å². The molecule has 1 N–H and O–H groups in total. The van der Waals surface area contributed by atoms with Gasteiger partial charge in [0.25, 0.3) is 5.91 Å². The molecule has 2 heterocycles. The summed E-state index contributed by atoms with van der Waals surface area (Å²) in [7, 11) is 0.308. The Morgan fingerprint density at radius 2 is 1.73 bits per heavy atom. The van der Waals surface area contributed by atoms with Gasteiger partial charge in [-0.2, -0.15) is 4.31 Å². The maximum Gasteiger partial charge on any atom is 0.255 e. The first-order valence-corrected chi connectivity index (χ1v) is 9.87. The molecule has 2 aromatic rings. The van der Waals surface area contributed by atoms with E-state index in [1.807, 2.05) is 19.0 Å². The maximum absolute atomic E-state index is 12.5. The van der Waals surface area contributed by atoms with Crippen LogP contribution in [0.15, 0.2) is 47.5 Å². The van der Waals surface area contributed by atoms with E-state index in [0.29, 0.717) is 24.3 Å². The Bertz CT molecular complexity index is 872. The molecule has 0 spiro atoms. The second-order valence-electron chi connectivity index (χ2n) is 6.39. The van der Waals surface area contributed by atoms with Gasteiger partial charge in [-0.15, -0.1) is 0 Å². The van der Waals surface area contributed by atoms with Crippen molar-refractivity contribution in [3.8, 4) is 0 Å². The molecule has 1 saturated heterocycles. The lowest BCUT2D eigenvalue weighted by Gasteiger charge is -2.15. The Balaban J connectivity index is 1.70. The van der Waals surface area contributed by atoms with Crippen LogP contribution in [-0.4, -0.2) is 50.8 Å². The fraction of sp³-hybridized carbons (Fsp3) is 0.333. The van der Waals surface area contributed by atoms with Crippen molar-refractivity contribution in [3.63, 3.8) is 0 Å². The van der Waals surface area contributed by atoms with Crippen molar-refractivity contribution in [2.24, 2.45) is 0 Å². The number of sulfonamides is 1. The minimum atomic E-state index is -3.47. The Morgan fingerprint density at radius 3 is 2.27 bits per heavy atom. The number of nitrogens with zero attached hydrogens (tertiary/aromatic N) is 3. The molecule has 0 unspecified atom stereocenters. The van der Waals surface area contributed by atoms with Gasteiger partial charge >= 0.3 is 0 Å². The molecule has 0 saturated carbocycles. The summed E-state index contributed by atoms with van der Waals surface area (Å²) in [6.07, 6.45) is 3.36. The molecule has 8 heteroatoms. The topological polar surface area (TPSA) is 82.6 Å². The number of benzene rings is 1. The summed E-state index contributed by atoms with van der Waals surface area (Å²) >= 11 is 0. The summed E-state index contributed by atoms with van der Waals surface area (Å²) in [5.74, 6) is 0.481. The number of pyridine rings is 1. The fourth-order valence-electron chi connectivity index (χ4n) is 2.78. The molecule has 3 rings (SSSR count). The van der Waals surface area contributed by atoms with Crippen LogP contribution in [0.5, 0.6) is 0 Å². The second-order valence-corrected chi connectivity index (χ2v) is 8.33. The highest BCUT2D eigenvalue weighted by Gasteiger charge is 2.27. The van der Waals surface area contributed by atoms with Crippen molar-refractivity contribution in [1.82, 2.24) is 9.29 Å². The standard InChI is InChI=1S/C18H22N4O3S/c1-21(2)17-10-7-15(13-19-17)20-18(23)14-5-8-16(9-6-14)26(24,25)22-11-3-4-12-22/h5-10,13H,3-4,11-12H2,1-2H3,(H,20,23). The Kier molecular flexibility index (Phi) is 5.24. The third kappa shape index (κ3) is 3.86. The molecule has 26 heavy (non-hydrogen) atoms. The molecule has 1 aliphatic rings. The maximum atomic E-state index is 12.5. The number of carbonyl (C=O) groups is 1. The zero-order valence-electron chi connectivity index (χ0n) is 14.8. The Morgan fingerprint density at radius 1 is 1.08 bits per heavy atom. The van der Waals surface area contributed by atoms with Crippen molar-refractivity contribution < 1.29 is 13.2 Å². The summed E-state index contributed by atoms with van der Waals surface area (Å²) in [4.78, 5) is 18.7. The molecule has 1 aromatic heterocycles. The lowest BCUT2D eigenvalue weighted by Crippen LogP contribution is -2.27. The number of rotatable bonds is 5. The van der Waals surface area contributed by atoms with E-state index in [-0.39, 0.29) is 10.8 Å². The summed E-state index contributed by atoms with van der Waals surface area (Å²) in [6, 6.07) is 9.60. The van der Waals surface area contributed by atoms with E-state index in [9.17, 15) is 13.2 Å². The van der Waals surface area contributed by atoms with E-state index >= 15 is 0 Å². The van der Waals surface area contributed by atoms with Crippen molar-refractivity contribution in [3.05, 3.63) is 48.2 Å². The first kappa shape index (κ1) is 18.3. The van der Waals surface area contributed by atoms with Gasteiger partial charge in [0.15, 0.2) is 0 Å². The van der Waals surface area contributed by atoms with Crippen LogP contribution in [0.2, 0.25) is 0 Å². The highest BCUT2D eigenvalue weighted by molar-refractivity contribution is 7.89. The SMILES string of the molecule is CN(C)c1ccc(NC(=O)c2ccc(S(=O)(=O)N3CCCC3)cc2)cn1. The van der Waals surface area contributed by atoms with Gasteiger partial charge < -0.3 is 10.2 Å². The van der Waals surface area contributed by atoms with E-state index in [1.54, 1.807) is 18.3 Å². The highest BCUT2D eigenvalue weighted by Crippen LogP contribution is 2.21. The molecule has 1 fully saturated rings. The molecule has 0 aliphatic carbocycles. The highest BCUT2D eigenvalue weighted by atomic mass is 32.2. The molecule has 0 atom stereocenters. The minimum Gasteiger partial charge on any atom is -0.363 e. The normalized spacial score (nSPS) is 15.0. The third-order valence-corrected chi connectivity index (χ3v) is 6.20. The lowest BCUT2D eigenvalue weighted by atomic mass is 10.2. The van der Waals surface area contributed by atoms with Gasteiger partial charge in [-0.3, -0.25) is 4.79 Å². The van der Waals surface area contributed by atoms with Crippen molar-refractivity contribution in [2.75, 3.05) is 37.4 Å². The van der Waals surface area contributed by atoms with Crippen molar-refractivity contribution in [2.45, 2.75) is 17.7 Å². The van der Waals surface area contributed by atoms with E-state index in [0.717, 1.165) is 18.7 Å². The number of anilines is 2. The van der Waals surface area contributed by atoms with Crippen LogP contribution >= 0.6 is 0 Å². The molecule has 138 valence electrons. The molecule has 1 aromatic carbocycles. The number of carbonyl (C=O) groups excluding carboxylic acids is 1. The lowest BCUT2D eigenvalue weighted by molar-refractivity contribution is 0.102. The third-order valence-electron chi connectivity index (χ3n) is 4.28. The van der Waals surface area contributed by atoms with Crippen LogP contribution < -0.4 is 10.2 Å². The molecule has 0 radical (unpaired) electrons. The van der Waals surface area contributed by atoms with Crippen molar-refractivity contribution >= 4 is 27.4 Å². The van der Waals surface area contributed by atoms with Crippen LogP contribution in [-0.2, 0) is 10.0 Å². The van der Waals surface area contributed by atoms with Crippen LogP contribution in [0.4, 0.5) is 11.5 Å². The molecule has 0 bridgehead atoms. The van der Waals surface area contributed by atoms with Gasteiger partial charge in [-0.25, -0.2) is 13.4 Å². The number of aromatic nitrogens is 1. The first-order valence-electron chi connectivity index (χ1n) is 8.43. The molecule has 1 amide bonds. The van der Waals surface area contributed by atoms with Gasteiger partial charge in [-0.1, -0.05) is 0 Å². The van der Waals surface area contributed by atoms with Gasteiger partial charge in [0.1, 0.15) is 5.82 Å². The summed E-state index contributed by atoms with van der Waals surface area (Å²) < 4.78 is 26.5. The van der Waals surface area contributed by atoms with Gasteiger partial charge in [0.2, 0.25) is 10.0 Å². The average Bonchev–Trinajstić information content (AvgIpc) is 3.18. The zero-order valence-corrected chi connectivity index (χ0v) is 15.7. The summed E-state index contributed by atoms with van der Waals surface area (Å²) in [5, 5.41) is 2.76. The van der Waals surface area contributed by atoms with Crippen LogP contribution in [0.25, 0.3) is 0 Å². The predicted octanol–water partition coefficient (Wildman–Crippen LogP) is 2.18. The van der Waals surface area contributed by atoms with Crippen molar-refractivity contribution in [1.29, 1.82) is 0 Å². The van der Waals surface area contributed by atoms with E-state index in [2.05, 4.69) is 10.3 Å². The summed E-state index contributed by atoms with van der Waals surface area (Å²) in [5.41, 5.74) is 0.969. The molecular formula is C18H22N4O3S. The van der Waals surface area contributed by atoms with E-state index in [4.69, 9.17) is 0 Å². The molecule has 1 aliphatic heterocycles. The molecular weight excluding hydrogens is 352 g/mol. The van der Waals surface area contributed by atoms with Crippen LogP contribution in [0, 0.1) is 0 Å². The quantitative estimate of drug-likeness (QED) is 0.867. The Labute approximate surface area is 153 Å². The molecule has 7 nitrogen and oxygen atoms in total. The largest absolute Gasteiger partial charge is 0.363 e. The van der Waals surface area contributed by atoms with Gasteiger partial charge in [-0.05, 0) is 49.2 Å². The fourth-order valence-corrected chi connectivity index (χ4v) is 4.30. The van der Waals surface area contributed by atoms with Gasteiger partial charge in [0.05, 0.1) is 16.8 Å². The van der Waals surface area contributed by atoms with Crippen LogP contribution in [0.3, 0.4) is 0 Å².